The zero-order valence-corrected chi connectivity index (χ0v) is 12.5. The Morgan fingerprint density at radius 2 is 1.71 bits per heavy atom. The van der Waals surface area contributed by atoms with Crippen LogP contribution < -0.4 is 16.4 Å². The standard InChI is InChI=1S/C16H17N3OS/c1-11-7-9-13(10-8-11)18-16(20)19-14(15(17)21)12-5-3-2-4-6-12/h2-10,14H,1H3,(H2,17,21)(H2,18,19,20). The Morgan fingerprint density at radius 1 is 1.10 bits per heavy atom. The molecule has 2 aromatic rings. The van der Waals surface area contributed by atoms with Crippen LogP contribution in [0.4, 0.5) is 10.5 Å². The Kier molecular flexibility index (Phi) is 4.90. The summed E-state index contributed by atoms with van der Waals surface area (Å²) >= 11 is 5.03. The summed E-state index contributed by atoms with van der Waals surface area (Å²) in [4.78, 5) is 12.3. The van der Waals surface area contributed by atoms with Crippen molar-refractivity contribution in [1.29, 1.82) is 0 Å². The van der Waals surface area contributed by atoms with Crippen LogP contribution in [-0.4, -0.2) is 11.0 Å². The number of carbonyl (C=O) groups excluding carboxylic acids is 1. The molecule has 4 nitrogen and oxygen atoms in total. The van der Waals surface area contributed by atoms with Crippen LogP contribution in [0.25, 0.3) is 0 Å². The molecular formula is C16H17N3OS. The van der Waals surface area contributed by atoms with E-state index in [2.05, 4.69) is 10.6 Å². The van der Waals surface area contributed by atoms with Gasteiger partial charge in [0.2, 0.25) is 0 Å². The van der Waals surface area contributed by atoms with E-state index in [-0.39, 0.29) is 11.0 Å². The van der Waals surface area contributed by atoms with E-state index in [0.717, 1.165) is 11.1 Å². The number of benzene rings is 2. The molecule has 21 heavy (non-hydrogen) atoms. The summed E-state index contributed by atoms with van der Waals surface area (Å²) in [6, 6.07) is 16.1. The molecule has 2 amide bonds. The fraction of sp³-hybridized carbons (Fsp3) is 0.125. The number of nitrogens with two attached hydrogens (primary N) is 1. The van der Waals surface area contributed by atoms with Crippen molar-refractivity contribution in [1.82, 2.24) is 5.32 Å². The molecule has 0 radical (unpaired) electrons. The minimum atomic E-state index is -0.494. The predicted octanol–water partition coefficient (Wildman–Crippen LogP) is 3.14. The van der Waals surface area contributed by atoms with Crippen molar-refractivity contribution < 1.29 is 4.79 Å². The van der Waals surface area contributed by atoms with E-state index < -0.39 is 6.04 Å². The van der Waals surface area contributed by atoms with Gasteiger partial charge in [0, 0.05) is 5.69 Å². The monoisotopic (exact) mass is 299 g/mol. The third kappa shape index (κ3) is 4.29. The fourth-order valence-electron chi connectivity index (χ4n) is 1.90. The van der Waals surface area contributed by atoms with Gasteiger partial charge in [-0.3, -0.25) is 0 Å². The van der Waals surface area contributed by atoms with Crippen LogP contribution in [0.3, 0.4) is 0 Å². The van der Waals surface area contributed by atoms with Crippen molar-refractivity contribution >= 4 is 28.9 Å². The molecule has 1 unspecified atom stereocenters. The number of anilines is 1. The normalized spacial score (nSPS) is 11.5. The van der Waals surface area contributed by atoms with Gasteiger partial charge < -0.3 is 16.4 Å². The van der Waals surface area contributed by atoms with Gasteiger partial charge in [-0.15, -0.1) is 0 Å². The van der Waals surface area contributed by atoms with Crippen LogP contribution in [-0.2, 0) is 0 Å². The van der Waals surface area contributed by atoms with Gasteiger partial charge in [0.05, 0.1) is 0 Å². The molecule has 0 fully saturated rings. The molecular weight excluding hydrogens is 282 g/mol. The summed E-state index contributed by atoms with van der Waals surface area (Å²) in [7, 11) is 0. The zero-order chi connectivity index (χ0) is 15.2. The first-order chi connectivity index (χ1) is 10.1. The van der Waals surface area contributed by atoms with Gasteiger partial charge in [-0.25, -0.2) is 4.79 Å². The van der Waals surface area contributed by atoms with E-state index in [1.54, 1.807) is 0 Å². The fourth-order valence-corrected chi connectivity index (χ4v) is 2.09. The number of thiocarbonyl (C=S) groups is 1. The maximum Gasteiger partial charge on any atom is 0.320 e. The molecule has 5 heteroatoms. The van der Waals surface area contributed by atoms with Crippen molar-refractivity contribution in [3.63, 3.8) is 0 Å². The second-order valence-electron chi connectivity index (χ2n) is 4.71. The average Bonchev–Trinajstić information content (AvgIpc) is 2.48. The number of hydrogen-bond donors (Lipinski definition) is 3. The average molecular weight is 299 g/mol. The maximum atomic E-state index is 12.0. The third-order valence-electron chi connectivity index (χ3n) is 3.00. The van der Waals surface area contributed by atoms with Gasteiger partial charge in [-0.1, -0.05) is 60.2 Å². The van der Waals surface area contributed by atoms with Gasteiger partial charge in [-0.05, 0) is 24.6 Å². The molecule has 0 spiro atoms. The minimum absolute atomic E-state index is 0.222. The second-order valence-corrected chi connectivity index (χ2v) is 5.18. The highest BCUT2D eigenvalue weighted by molar-refractivity contribution is 7.80. The number of rotatable bonds is 4. The van der Waals surface area contributed by atoms with Crippen molar-refractivity contribution in [3.05, 3.63) is 65.7 Å². The van der Waals surface area contributed by atoms with E-state index in [4.69, 9.17) is 18.0 Å². The van der Waals surface area contributed by atoms with Gasteiger partial charge in [-0.2, -0.15) is 0 Å². The molecule has 4 N–H and O–H groups in total. The molecule has 2 rings (SSSR count). The third-order valence-corrected chi connectivity index (χ3v) is 3.24. The molecule has 0 aliphatic rings. The van der Waals surface area contributed by atoms with Crippen LogP contribution >= 0.6 is 12.2 Å². The molecule has 0 aliphatic carbocycles. The number of urea groups is 1. The highest BCUT2D eigenvalue weighted by atomic mass is 32.1. The summed E-state index contributed by atoms with van der Waals surface area (Å²) in [6.45, 7) is 1.99. The van der Waals surface area contributed by atoms with Crippen LogP contribution in [0.2, 0.25) is 0 Å². The van der Waals surface area contributed by atoms with Crippen molar-refractivity contribution in [2.24, 2.45) is 5.73 Å². The number of nitrogens with one attached hydrogen (secondary N) is 2. The van der Waals surface area contributed by atoms with E-state index >= 15 is 0 Å². The Balaban J connectivity index is 2.05. The summed E-state index contributed by atoms with van der Waals surface area (Å²) in [5, 5.41) is 5.54. The smallest absolute Gasteiger partial charge is 0.320 e. The van der Waals surface area contributed by atoms with E-state index in [9.17, 15) is 4.79 Å². The Labute approximate surface area is 129 Å². The van der Waals surface area contributed by atoms with Crippen molar-refractivity contribution in [3.8, 4) is 0 Å². The van der Waals surface area contributed by atoms with Crippen LogP contribution in [0, 0.1) is 6.92 Å². The second kappa shape index (κ2) is 6.85. The number of carbonyl (C=O) groups is 1. The lowest BCUT2D eigenvalue weighted by atomic mass is 10.1. The molecule has 0 aliphatic heterocycles. The van der Waals surface area contributed by atoms with Crippen LogP contribution in [0.15, 0.2) is 54.6 Å². The van der Waals surface area contributed by atoms with E-state index in [1.807, 2.05) is 61.5 Å². The van der Waals surface area contributed by atoms with Gasteiger partial charge >= 0.3 is 6.03 Å². The molecule has 0 saturated carbocycles. The Morgan fingerprint density at radius 3 is 2.29 bits per heavy atom. The summed E-state index contributed by atoms with van der Waals surface area (Å²) in [6.07, 6.45) is 0. The van der Waals surface area contributed by atoms with Crippen molar-refractivity contribution in [2.75, 3.05) is 5.32 Å². The molecule has 0 heterocycles. The minimum Gasteiger partial charge on any atom is -0.391 e. The first-order valence-electron chi connectivity index (χ1n) is 6.54. The summed E-state index contributed by atoms with van der Waals surface area (Å²) in [5.74, 6) is 0. The predicted molar refractivity (Wildman–Crippen MR) is 89.3 cm³/mol. The Bertz CT molecular complexity index is 626. The lowest BCUT2D eigenvalue weighted by Gasteiger charge is -2.18. The SMILES string of the molecule is Cc1ccc(NC(=O)NC(C(N)=S)c2ccccc2)cc1. The zero-order valence-electron chi connectivity index (χ0n) is 11.7. The van der Waals surface area contributed by atoms with Crippen molar-refractivity contribution in [2.45, 2.75) is 13.0 Å². The highest BCUT2D eigenvalue weighted by Crippen LogP contribution is 2.14. The number of hydrogen-bond acceptors (Lipinski definition) is 2. The van der Waals surface area contributed by atoms with E-state index in [1.165, 1.54) is 0 Å². The molecule has 108 valence electrons. The summed E-state index contributed by atoms with van der Waals surface area (Å²) in [5.41, 5.74) is 8.42. The molecule has 0 aromatic heterocycles. The maximum absolute atomic E-state index is 12.0. The molecule has 0 saturated heterocycles. The first-order valence-corrected chi connectivity index (χ1v) is 6.95. The molecule has 0 bridgehead atoms. The highest BCUT2D eigenvalue weighted by Gasteiger charge is 2.16. The van der Waals surface area contributed by atoms with Gasteiger partial charge in [0.1, 0.15) is 11.0 Å². The van der Waals surface area contributed by atoms with E-state index in [0.29, 0.717) is 5.69 Å². The lowest BCUT2D eigenvalue weighted by Crippen LogP contribution is -2.38. The lowest BCUT2D eigenvalue weighted by molar-refractivity contribution is 0.251. The van der Waals surface area contributed by atoms with Gasteiger partial charge in [0.15, 0.2) is 0 Å². The number of amides is 2. The largest absolute Gasteiger partial charge is 0.391 e. The van der Waals surface area contributed by atoms with Crippen LogP contribution in [0.5, 0.6) is 0 Å². The molecule has 2 aromatic carbocycles. The quantitative estimate of drug-likeness (QED) is 0.760. The topological polar surface area (TPSA) is 67.2 Å². The Hall–Kier alpha value is -2.40. The molecule has 1 atom stereocenters. The number of aryl methyl sites for hydroxylation is 1. The van der Waals surface area contributed by atoms with Gasteiger partial charge in [0.25, 0.3) is 0 Å². The summed E-state index contributed by atoms with van der Waals surface area (Å²) < 4.78 is 0. The van der Waals surface area contributed by atoms with Crippen LogP contribution in [0.1, 0.15) is 17.2 Å². The first kappa shape index (κ1) is 15.0.